The summed E-state index contributed by atoms with van der Waals surface area (Å²) in [5.74, 6) is 1.69. The van der Waals surface area contributed by atoms with Crippen molar-refractivity contribution in [2.24, 2.45) is 17.3 Å². The number of ether oxygens (including phenoxy) is 2. The van der Waals surface area contributed by atoms with Crippen molar-refractivity contribution in [3.63, 3.8) is 0 Å². The molecule has 0 radical (unpaired) electrons. The summed E-state index contributed by atoms with van der Waals surface area (Å²) in [5.41, 5.74) is 0.295. The highest BCUT2D eigenvalue weighted by molar-refractivity contribution is 4.92. The van der Waals surface area contributed by atoms with Gasteiger partial charge in [0, 0.05) is 19.6 Å². The van der Waals surface area contributed by atoms with Crippen LogP contribution < -0.4 is 0 Å². The fourth-order valence-corrected chi connectivity index (χ4v) is 3.13. The first-order valence-corrected chi connectivity index (χ1v) is 5.65. The van der Waals surface area contributed by atoms with E-state index < -0.39 is 0 Å². The first kappa shape index (κ1) is 12.0. The molecule has 0 aliphatic heterocycles. The van der Waals surface area contributed by atoms with Crippen LogP contribution in [-0.2, 0) is 9.47 Å². The number of methoxy groups -OCH3 is 2. The van der Waals surface area contributed by atoms with Gasteiger partial charge in [0.25, 0.3) is 0 Å². The predicted molar refractivity (Wildman–Crippen MR) is 58.4 cm³/mol. The summed E-state index contributed by atoms with van der Waals surface area (Å²) in [4.78, 5) is 0. The van der Waals surface area contributed by atoms with E-state index in [2.05, 4.69) is 13.8 Å². The lowest BCUT2D eigenvalue weighted by Crippen LogP contribution is -2.29. The number of hydrogen-bond acceptors (Lipinski definition) is 2. The second kappa shape index (κ2) is 5.13. The zero-order valence-corrected chi connectivity index (χ0v) is 10.0. The standard InChI is InChI=1S/C12H24O2/c1-5-11-7-12(8-13-3,9-14-4)6-10(11)2/h10-11H,5-9H2,1-4H3/t10-,11-/m1/s1. The van der Waals surface area contributed by atoms with Crippen LogP contribution in [0.15, 0.2) is 0 Å². The summed E-state index contributed by atoms with van der Waals surface area (Å²) in [7, 11) is 3.59. The molecule has 0 aromatic heterocycles. The molecule has 0 unspecified atom stereocenters. The van der Waals surface area contributed by atoms with E-state index in [0.29, 0.717) is 5.41 Å². The molecule has 1 rings (SSSR count). The van der Waals surface area contributed by atoms with Crippen molar-refractivity contribution >= 4 is 0 Å². The molecule has 0 bridgehead atoms. The minimum absolute atomic E-state index is 0.295. The van der Waals surface area contributed by atoms with Crippen molar-refractivity contribution in [2.75, 3.05) is 27.4 Å². The third-order valence-corrected chi connectivity index (χ3v) is 3.68. The molecule has 1 saturated carbocycles. The monoisotopic (exact) mass is 200 g/mol. The highest BCUT2D eigenvalue weighted by Crippen LogP contribution is 2.47. The average Bonchev–Trinajstić information content (AvgIpc) is 2.44. The molecule has 0 N–H and O–H groups in total. The van der Waals surface area contributed by atoms with E-state index in [9.17, 15) is 0 Å². The van der Waals surface area contributed by atoms with Crippen molar-refractivity contribution < 1.29 is 9.47 Å². The summed E-state index contributed by atoms with van der Waals surface area (Å²) >= 11 is 0. The SMILES string of the molecule is CC[C@@H]1CC(COC)(COC)C[C@H]1C. The Labute approximate surface area is 88.0 Å². The zero-order valence-electron chi connectivity index (χ0n) is 10.0. The minimum Gasteiger partial charge on any atom is -0.384 e. The van der Waals surface area contributed by atoms with Crippen molar-refractivity contribution in [3.8, 4) is 0 Å². The minimum atomic E-state index is 0.295. The maximum atomic E-state index is 5.34. The Bertz CT molecular complexity index is 162. The van der Waals surface area contributed by atoms with Crippen LogP contribution >= 0.6 is 0 Å². The van der Waals surface area contributed by atoms with Gasteiger partial charge >= 0.3 is 0 Å². The van der Waals surface area contributed by atoms with Gasteiger partial charge in [0.1, 0.15) is 0 Å². The molecule has 1 fully saturated rings. The van der Waals surface area contributed by atoms with Crippen LogP contribution in [0, 0.1) is 17.3 Å². The second-order valence-corrected chi connectivity index (χ2v) is 4.92. The summed E-state index contributed by atoms with van der Waals surface area (Å²) in [6.07, 6.45) is 3.82. The first-order chi connectivity index (χ1) is 6.67. The Morgan fingerprint density at radius 3 is 2.07 bits per heavy atom. The molecule has 14 heavy (non-hydrogen) atoms. The van der Waals surface area contributed by atoms with Gasteiger partial charge in [-0.25, -0.2) is 0 Å². The van der Waals surface area contributed by atoms with E-state index in [4.69, 9.17) is 9.47 Å². The Kier molecular flexibility index (Phi) is 4.39. The summed E-state index contributed by atoms with van der Waals surface area (Å²) in [6.45, 7) is 6.35. The third kappa shape index (κ3) is 2.48. The molecule has 0 amide bonds. The van der Waals surface area contributed by atoms with Gasteiger partial charge in [-0.3, -0.25) is 0 Å². The van der Waals surface area contributed by atoms with Crippen molar-refractivity contribution in [3.05, 3.63) is 0 Å². The van der Waals surface area contributed by atoms with E-state index in [0.717, 1.165) is 25.0 Å². The molecule has 2 atom stereocenters. The second-order valence-electron chi connectivity index (χ2n) is 4.92. The van der Waals surface area contributed by atoms with Crippen molar-refractivity contribution in [1.29, 1.82) is 0 Å². The van der Waals surface area contributed by atoms with Crippen LogP contribution in [-0.4, -0.2) is 27.4 Å². The van der Waals surface area contributed by atoms with E-state index in [1.165, 1.54) is 19.3 Å². The van der Waals surface area contributed by atoms with Crippen LogP contribution in [0.2, 0.25) is 0 Å². The largest absolute Gasteiger partial charge is 0.384 e. The lowest BCUT2D eigenvalue weighted by molar-refractivity contribution is 0.0106. The molecule has 0 aromatic rings. The predicted octanol–water partition coefficient (Wildman–Crippen LogP) is 2.72. The highest BCUT2D eigenvalue weighted by Gasteiger charge is 2.42. The summed E-state index contributed by atoms with van der Waals surface area (Å²) in [5, 5.41) is 0. The molecule has 1 aliphatic rings. The molecule has 0 aromatic carbocycles. The van der Waals surface area contributed by atoms with E-state index in [-0.39, 0.29) is 0 Å². The molecule has 2 nitrogen and oxygen atoms in total. The zero-order chi connectivity index (χ0) is 10.6. The maximum Gasteiger partial charge on any atom is 0.0540 e. The van der Waals surface area contributed by atoms with Gasteiger partial charge in [0.15, 0.2) is 0 Å². The van der Waals surface area contributed by atoms with Gasteiger partial charge in [0.05, 0.1) is 13.2 Å². The molecule has 0 spiro atoms. The van der Waals surface area contributed by atoms with E-state index in [1.807, 2.05) is 0 Å². The summed E-state index contributed by atoms with van der Waals surface area (Å²) < 4.78 is 10.7. The van der Waals surface area contributed by atoms with Gasteiger partial charge < -0.3 is 9.47 Å². The Hall–Kier alpha value is -0.0800. The lowest BCUT2D eigenvalue weighted by Gasteiger charge is -2.27. The first-order valence-electron chi connectivity index (χ1n) is 5.65. The van der Waals surface area contributed by atoms with Crippen LogP contribution in [0.1, 0.15) is 33.1 Å². The molecule has 84 valence electrons. The molecular formula is C12H24O2. The lowest BCUT2D eigenvalue weighted by atomic mass is 9.86. The van der Waals surface area contributed by atoms with Crippen molar-refractivity contribution in [1.82, 2.24) is 0 Å². The van der Waals surface area contributed by atoms with Crippen LogP contribution in [0.5, 0.6) is 0 Å². The quantitative estimate of drug-likeness (QED) is 0.679. The van der Waals surface area contributed by atoms with Crippen molar-refractivity contribution in [2.45, 2.75) is 33.1 Å². The number of rotatable bonds is 5. The van der Waals surface area contributed by atoms with Gasteiger partial charge in [-0.15, -0.1) is 0 Å². The third-order valence-electron chi connectivity index (χ3n) is 3.68. The van der Waals surface area contributed by atoms with Crippen LogP contribution in [0.3, 0.4) is 0 Å². The maximum absolute atomic E-state index is 5.34. The van der Waals surface area contributed by atoms with Gasteiger partial charge in [-0.05, 0) is 24.7 Å². The van der Waals surface area contributed by atoms with Gasteiger partial charge in [-0.2, -0.15) is 0 Å². The van der Waals surface area contributed by atoms with Crippen LogP contribution in [0.25, 0.3) is 0 Å². The van der Waals surface area contributed by atoms with E-state index in [1.54, 1.807) is 14.2 Å². The molecule has 0 heterocycles. The normalized spacial score (nSPS) is 30.9. The molecular weight excluding hydrogens is 176 g/mol. The number of hydrogen-bond donors (Lipinski definition) is 0. The van der Waals surface area contributed by atoms with E-state index >= 15 is 0 Å². The smallest absolute Gasteiger partial charge is 0.0540 e. The molecule has 2 heteroatoms. The molecule has 0 saturated heterocycles. The Balaban J connectivity index is 2.61. The fourth-order valence-electron chi connectivity index (χ4n) is 3.13. The molecule has 1 aliphatic carbocycles. The highest BCUT2D eigenvalue weighted by atomic mass is 16.5. The average molecular weight is 200 g/mol. The topological polar surface area (TPSA) is 18.5 Å². The Morgan fingerprint density at radius 2 is 1.71 bits per heavy atom. The van der Waals surface area contributed by atoms with Gasteiger partial charge in [-0.1, -0.05) is 20.3 Å². The van der Waals surface area contributed by atoms with Gasteiger partial charge in [0.2, 0.25) is 0 Å². The fraction of sp³-hybridized carbons (Fsp3) is 1.00. The summed E-state index contributed by atoms with van der Waals surface area (Å²) in [6, 6.07) is 0. The van der Waals surface area contributed by atoms with Crippen LogP contribution in [0.4, 0.5) is 0 Å². The Morgan fingerprint density at radius 1 is 1.14 bits per heavy atom.